The molecule has 0 amide bonds. The fourth-order valence-corrected chi connectivity index (χ4v) is 1.10. The Morgan fingerprint density at radius 2 is 2.38 bits per heavy atom. The highest BCUT2D eigenvalue weighted by Gasteiger charge is 2.00. The van der Waals surface area contributed by atoms with Crippen molar-refractivity contribution in [2.45, 2.75) is 6.54 Å². The first kappa shape index (κ1) is 8.09. The largest absolute Gasteiger partial charge is 0.314 e. The summed E-state index contributed by atoms with van der Waals surface area (Å²) in [7, 11) is 1.57. The number of aromatic nitrogens is 4. The first-order chi connectivity index (χ1) is 6.25. The first-order valence-electron chi connectivity index (χ1n) is 3.80. The Kier molecular flexibility index (Phi) is 1.91. The molecule has 0 aliphatic carbocycles. The molecule has 2 aromatic rings. The molecule has 2 rings (SSSR count). The second-order valence-corrected chi connectivity index (χ2v) is 2.78. The molecule has 2 aromatic heterocycles. The summed E-state index contributed by atoms with van der Waals surface area (Å²) in [4.78, 5) is 7.95. The third-order valence-corrected chi connectivity index (χ3v) is 1.60. The second-order valence-electron chi connectivity index (χ2n) is 2.78. The van der Waals surface area contributed by atoms with Crippen molar-refractivity contribution in [1.29, 1.82) is 0 Å². The zero-order valence-corrected chi connectivity index (χ0v) is 7.12. The van der Waals surface area contributed by atoms with Crippen molar-refractivity contribution in [3.8, 4) is 0 Å². The van der Waals surface area contributed by atoms with Crippen LogP contribution in [0.4, 0.5) is 0 Å². The standard InChI is InChI=1S/C7H9N5O/c1-11(13)3-6-2-8-7-9-5-10-12(7)4-6/h2,4-5,13H,3H2,1H3. The number of rotatable bonds is 2. The smallest absolute Gasteiger partial charge is 0.252 e. The van der Waals surface area contributed by atoms with Crippen LogP contribution in [-0.4, -0.2) is 36.9 Å². The van der Waals surface area contributed by atoms with E-state index >= 15 is 0 Å². The normalized spacial score (nSPS) is 11.3. The lowest BCUT2D eigenvalue weighted by Gasteiger charge is -2.06. The van der Waals surface area contributed by atoms with Crippen molar-refractivity contribution >= 4 is 5.78 Å². The van der Waals surface area contributed by atoms with E-state index in [0.29, 0.717) is 12.3 Å². The van der Waals surface area contributed by atoms with Crippen LogP contribution >= 0.6 is 0 Å². The highest BCUT2D eigenvalue weighted by Crippen LogP contribution is 2.00. The third kappa shape index (κ3) is 1.63. The maximum atomic E-state index is 8.99. The SMILES string of the molecule is CN(O)Cc1cnc2ncnn2c1. The van der Waals surface area contributed by atoms with Crippen LogP contribution in [-0.2, 0) is 6.54 Å². The summed E-state index contributed by atoms with van der Waals surface area (Å²) < 4.78 is 1.57. The quantitative estimate of drug-likeness (QED) is 0.654. The molecule has 0 saturated heterocycles. The molecule has 0 saturated carbocycles. The van der Waals surface area contributed by atoms with Crippen molar-refractivity contribution in [2.75, 3.05) is 7.05 Å². The molecule has 0 aromatic carbocycles. The predicted molar refractivity (Wildman–Crippen MR) is 44.0 cm³/mol. The van der Waals surface area contributed by atoms with Gasteiger partial charge in [-0.15, -0.1) is 0 Å². The Morgan fingerprint density at radius 3 is 3.15 bits per heavy atom. The van der Waals surface area contributed by atoms with Crippen LogP contribution in [0.25, 0.3) is 5.78 Å². The van der Waals surface area contributed by atoms with Crippen molar-refractivity contribution < 1.29 is 5.21 Å². The summed E-state index contributed by atoms with van der Waals surface area (Å²) in [5.74, 6) is 0.560. The summed E-state index contributed by atoms with van der Waals surface area (Å²) >= 11 is 0. The maximum absolute atomic E-state index is 8.99. The zero-order valence-electron chi connectivity index (χ0n) is 7.12. The van der Waals surface area contributed by atoms with E-state index in [1.165, 1.54) is 6.33 Å². The molecule has 0 atom stereocenters. The number of hydrogen-bond acceptors (Lipinski definition) is 5. The molecular weight excluding hydrogens is 170 g/mol. The Morgan fingerprint density at radius 1 is 1.54 bits per heavy atom. The van der Waals surface area contributed by atoms with E-state index in [0.717, 1.165) is 10.6 Å². The van der Waals surface area contributed by atoms with Gasteiger partial charge in [0.1, 0.15) is 6.33 Å². The molecule has 1 N–H and O–H groups in total. The molecule has 0 spiro atoms. The van der Waals surface area contributed by atoms with Gasteiger partial charge in [0.05, 0.1) is 6.54 Å². The summed E-state index contributed by atoms with van der Waals surface area (Å²) in [6.07, 6.45) is 4.88. The van der Waals surface area contributed by atoms with Gasteiger partial charge in [-0.25, -0.2) is 9.50 Å². The first-order valence-corrected chi connectivity index (χ1v) is 3.80. The van der Waals surface area contributed by atoms with Gasteiger partial charge in [-0.2, -0.15) is 15.1 Å². The maximum Gasteiger partial charge on any atom is 0.252 e. The van der Waals surface area contributed by atoms with Gasteiger partial charge in [0, 0.05) is 25.0 Å². The van der Waals surface area contributed by atoms with E-state index in [4.69, 9.17) is 5.21 Å². The molecule has 0 aliphatic heterocycles. The van der Waals surface area contributed by atoms with Crippen molar-refractivity contribution in [3.05, 3.63) is 24.3 Å². The van der Waals surface area contributed by atoms with Crippen LogP contribution in [0.1, 0.15) is 5.56 Å². The van der Waals surface area contributed by atoms with Gasteiger partial charge in [-0.3, -0.25) is 0 Å². The molecule has 0 radical (unpaired) electrons. The molecule has 6 nitrogen and oxygen atoms in total. The molecule has 0 bridgehead atoms. The lowest BCUT2D eigenvalue weighted by molar-refractivity contribution is -0.0733. The van der Waals surface area contributed by atoms with E-state index in [-0.39, 0.29) is 0 Å². The van der Waals surface area contributed by atoms with Gasteiger partial charge in [-0.05, 0) is 0 Å². The Labute approximate surface area is 74.4 Å². The van der Waals surface area contributed by atoms with Crippen LogP contribution in [0, 0.1) is 0 Å². The van der Waals surface area contributed by atoms with Gasteiger partial charge in [0.15, 0.2) is 0 Å². The van der Waals surface area contributed by atoms with Gasteiger partial charge in [0.2, 0.25) is 0 Å². The predicted octanol–water partition coefficient (Wildman–Crippen LogP) is -0.0547. The van der Waals surface area contributed by atoms with Crippen molar-refractivity contribution in [3.63, 3.8) is 0 Å². The fourth-order valence-electron chi connectivity index (χ4n) is 1.10. The van der Waals surface area contributed by atoms with E-state index in [1.54, 1.807) is 24.0 Å². The molecule has 13 heavy (non-hydrogen) atoms. The average molecular weight is 179 g/mol. The third-order valence-electron chi connectivity index (χ3n) is 1.60. The minimum atomic E-state index is 0.419. The molecule has 68 valence electrons. The lowest BCUT2D eigenvalue weighted by atomic mass is 10.3. The monoisotopic (exact) mass is 179 g/mol. The number of hydrogen-bond donors (Lipinski definition) is 1. The Bertz CT molecular complexity index is 410. The van der Waals surface area contributed by atoms with Crippen LogP contribution in [0.15, 0.2) is 18.7 Å². The Hall–Kier alpha value is -1.53. The summed E-state index contributed by atoms with van der Waals surface area (Å²) in [6, 6.07) is 0. The van der Waals surface area contributed by atoms with Crippen LogP contribution in [0.3, 0.4) is 0 Å². The second kappa shape index (κ2) is 3.08. The van der Waals surface area contributed by atoms with E-state index in [1.807, 2.05) is 0 Å². The molecule has 2 heterocycles. The van der Waals surface area contributed by atoms with Crippen molar-refractivity contribution in [2.24, 2.45) is 0 Å². The molecule has 6 heteroatoms. The minimum absolute atomic E-state index is 0.419. The average Bonchev–Trinajstić information content (AvgIpc) is 2.49. The molecule has 0 fully saturated rings. The summed E-state index contributed by atoms with van der Waals surface area (Å²) in [5, 5.41) is 14.0. The minimum Gasteiger partial charge on any atom is -0.314 e. The van der Waals surface area contributed by atoms with E-state index in [2.05, 4.69) is 15.1 Å². The lowest BCUT2D eigenvalue weighted by Crippen LogP contribution is -2.12. The van der Waals surface area contributed by atoms with E-state index < -0.39 is 0 Å². The highest BCUT2D eigenvalue weighted by molar-refractivity contribution is 5.25. The van der Waals surface area contributed by atoms with Crippen LogP contribution in [0.2, 0.25) is 0 Å². The summed E-state index contributed by atoms with van der Waals surface area (Å²) in [6.45, 7) is 0.419. The topological polar surface area (TPSA) is 66.5 Å². The number of nitrogens with zero attached hydrogens (tertiary/aromatic N) is 5. The highest BCUT2D eigenvalue weighted by atomic mass is 16.5. The fraction of sp³-hybridized carbons (Fsp3) is 0.286. The summed E-state index contributed by atoms with van der Waals surface area (Å²) in [5.41, 5.74) is 0.878. The number of hydroxylamine groups is 2. The van der Waals surface area contributed by atoms with Gasteiger partial charge < -0.3 is 5.21 Å². The van der Waals surface area contributed by atoms with Crippen LogP contribution in [0.5, 0.6) is 0 Å². The number of fused-ring (bicyclic) bond motifs is 1. The van der Waals surface area contributed by atoms with E-state index in [9.17, 15) is 0 Å². The zero-order chi connectivity index (χ0) is 9.26. The molecule has 0 aliphatic rings. The van der Waals surface area contributed by atoms with Crippen LogP contribution < -0.4 is 0 Å². The Balaban J connectivity index is 2.37. The van der Waals surface area contributed by atoms with Gasteiger partial charge in [0.25, 0.3) is 5.78 Å². The van der Waals surface area contributed by atoms with Crippen molar-refractivity contribution in [1.82, 2.24) is 24.6 Å². The molecular formula is C7H9N5O. The van der Waals surface area contributed by atoms with Gasteiger partial charge >= 0.3 is 0 Å². The van der Waals surface area contributed by atoms with Gasteiger partial charge in [-0.1, -0.05) is 0 Å². The molecule has 0 unspecified atom stereocenters.